The van der Waals surface area contributed by atoms with Gasteiger partial charge in [-0.3, -0.25) is 14.4 Å². The molecule has 1 atom stereocenters. The molecule has 0 radical (unpaired) electrons. The molecule has 0 bridgehead atoms. The third-order valence-electron chi connectivity index (χ3n) is 10.5. The lowest BCUT2D eigenvalue weighted by Crippen LogP contribution is -2.30. The zero-order valence-corrected chi connectivity index (χ0v) is 40.8. The van der Waals surface area contributed by atoms with Crippen molar-refractivity contribution >= 4 is 17.9 Å². The van der Waals surface area contributed by atoms with E-state index in [1.165, 1.54) is 77.0 Å². The highest BCUT2D eigenvalue weighted by Gasteiger charge is 2.19. The van der Waals surface area contributed by atoms with Crippen molar-refractivity contribution in [2.45, 2.75) is 232 Å². The van der Waals surface area contributed by atoms with Gasteiger partial charge in [0.2, 0.25) is 0 Å². The normalized spacial score (nSPS) is 12.9. The number of allylic oxidation sites excluding steroid dienone is 16. The van der Waals surface area contributed by atoms with Gasteiger partial charge in [-0.2, -0.15) is 0 Å². The zero-order chi connectivity index (χ0) is 45.8. The Kier molecular flexibility index (Phi) is 48.0. The predicted octanol–water partition coefficient (Wildman–Crippen LogP) is 17.0. The molecule has 0 aliphatic carbocycles. The summed E-state index contributed by atoms with van der Waals surface area (Å²) in [5.41, 5.74) is 0. The van der Waals surface area contributed by atoms with Gasteiger partial charge in [-0.25, -0.2) is 0 Å². The Bertz CT molecular complexity index is 1280. The molecule has 0 aliphatic heterocycles. The van der Waals surface area contributed by atoms with E-state index in [1.807, 2.05) is 0 Å². The Morgan fingerprint density at radius 1 is 0.317 bits per heavy atom. The maximum Gasteiger partial charge on any atom is 0.306 e. The standard InChI is InChI=1S/C57H94O6/c1-4-7-10-13-16-19-22-25-28-31-34-37-40-43-46-49-55(58)61-52-54(63-57(60)51-48-45-42-39-36-33-30-27-24-21-18-15-12-9-6-3)53-62-56(59)50-47-44-41-38-35-32-29-26-23-20-17-14-11-8-5-2/h16-21,25-30,34,36-37,39,54H,4-15,22-24,31-33,35,38,40-53H2,1-3H3/b19-16-,20-17-,21-18-,28-25-,29-26-,30-27-,37-34-,39-36-/t54-/m1/s1. The topological polar surface area (TPSA) is 78.9 Å². The molecule has 0 saturated carbocycles. The van der Waals surface area contributed by atoms with E-state index in [4.69, 9.17) is 14.2 Å². The van der Waals surface area contributed by atoms with Gasteiger partial charge in [0.15, 0.2) is 6.10 Å². The van der Waals surface area contributed by atoms with Gasteiger partial charge in [0.25, 0.3) is 0 Å². The lowest BCUT2D eigenvalue weighted by Gasteiger charge is -2.18. The van der Waals surface area contributed by atoms with Crippen LogP contribution in [0.15, 0.2) is 97.2 Å². The summed E-state index contributed by atoms with van der Waals surface area (Å²) in [5.74, 6) is -1.01. The minimum Gasteiger partial charge on any atom is -0.462 e. The van der Waals surface area contributed by atoms with E-state index in [1.54, 1.807) is 0 Å². The molecule has 0 fully saturated rings. The van der Waals surface area contributed by atoms with Gasteiger partial charge in [0.1, 0.15) is 13.2 Å². The third-order valence-corrected chi connectivity index (χ3v) is 10.5. The number of hydrogen-bond acceptors (Lipinski definition) is 6. The summed E-state index contributed by atoms with van der Waals surface area (Å²) in [4.78, 5) is 37.9. The fourth-order valence-electron chi connectivity index (χ4n) is 6.60. The van der Waals surface area contributed by atoms with Gasteiger partial charge in [0.05, 0.1) is 0 Å². The molecule has 6 nitrogen and oxygen atoms in total. The summed E-state index contributed by atoms with van der Waals surface area (Å²) in [5, 5.41) is 0. The minimum absolute atomic E-state index is 0.114. The molecule has 0 aromatic heterocycles. The van der Waals surface area contributed by atoms with Gasteiger partial charge in [0, 0.05) is 19.3 Å². The number of carbonyl (C=O) groups excluding carboxylic acids is 3. The summed E-state index contributed by atoms with van der Waals surface area (Å²) in [7, 11) is 0. The zero-order valence-electron chi connectivity index (χ0n) is 40.8. The highest BCUT2D eigenvalue weighted by molar-refractivity contribution is 5.71. The fraction of sp³-hybridized carbons (Fsp3) is 0.667. The van der Waals surface area contributed by atoms with E-state index in [0.29, 0.717) is 19.3 Å². The molecule has 0 aliphatic rings. The average Bonchev–Trinajstić information content (AvgIpc) is 3.28. The molecule has 6 heteroatoms. The molecule has 0 aromatic rings. The molecular weight excluding hydrogens is 781 g/mol. The number of hydrogen-bond donors (Lipinski definition) is 0. The fourth-order valence-corrected chi connectivity index (χ4v) is 6.60. The van der Waals surface area contributed by atoms with Crippen LogP contribution in [0.5, 0.6) is 0 Å². The van der Waals surface area contributed by atoms with Crippen molar-refractivity contribution in [1.29, 1.82) is 0 Å². The molecule has 0 amide bonds. The Morgan fingerprint density at radius 2 is 0.571 bits per heavy atom. The van der Waals surface area contributed by atoms with Crippen LogP contribution in [0.2, 0.25) is 0 Å². The smallest absolute Gasteiger partial charge is 0.306 e. The molecule has 63 heavy (non-hydrogen) atoms. The quantitative estimate of drug-likeness (QED) is 0.0262. The average molecular weight is 875 g/mol. The predicted molar refractivity (Wildman–Crippen MR) is 270 cm³/mol. The van der Waals surface area contributed by atoms with Crippen LogP contribution in [0.1, 0.15) is 226 Å². The molecule has 358 valence electrons. The van der Waals surface area contributed by atoms with Crippen molar-refractivity contribution in [3.05, 3.63) is 97.2 Å². The minimum atomic E-state index is -0.819. The second-order valence-corrected chi connectivity index (χ2v) is 16.7. The van der Waals surface area contributed by atoms with Crippen LogP contribution < -0.4 is 0 Å². The first-order valence-electron chi connectivity index (χ1n) is 25.7. The molecule has 0 heterocycles. The number of rotatable bonds is 45. The van der Waals surface area contributed by atoms with Crippen molar-refractivity contribution in [3.63, 3.8) is 0 Å². The van der Waals surface area contributed by atoms with Gasteiger partial charge >= 0.3 is 17.9 Å². The van der Waals surface area contributed by atoms with Crippen molar-refractivity contribution in [2.75, 3.05) is 13.2 Å². The second-order valence-electron chi connectivity index (χ2n) is 16.7. The molecule has 0 saturated heterocycles. The Hall–Kier alpha value is -3.67. The van der Waals surface area contributed by atoms with Crippen LogP contribution in [-0.4, -0.2) is 37.2 Å². The summed E-state index contributed by atoms with van der Waals surface area (Å²) in [6, 6.07) is 0. The number of esters is 3. The largest absolute Gasteiger partial charge is 0.462 e. The number of carbonyl (C=O) groups is 3. The monoisotopic (exact) mass is 875 g/mol. The Balaban J connectivity index is 4.55. The van der Waals surface area contributed by atoms with E-state index < -0.39 is 6.10 Å². The van der Waals surface area contributed by atoms with Crippen molar-refractivity contribution in [1.82, 2.24) is 0 Å². The van der Waals surface area contributed by atoms with Crippen LogP contribution in [0.4, 0.5) is 0 Å². The Morgan fingerprint density at radius 3 is 0.921 bits per heavy atom. The molecule has 0 unspecified atom stereocenters. The summed E-state index contributed by atoms with van der Waals surface area (Å²) >= 11 is 0. The van der Waals surface area contributed by atoms with Crippen LogP contribution in [0.25, 0.3) is 0 Å². The first-order valence-corrected chi connectivity index (χ1v) is 25.7. The van der Waals surface area contributed by atoms with Crippen LogP contribution in [0.3, 0.4) is 0 Å². The SMILES string of the molecule is CCCCC/C=C\C/C=C\C/C=C\CCCCC(=O)OC[C@H](COC(=O)CCCCCCC/C=C\C/C=C\CCCCC)OC(=O)CCCC/C=C\C/C=C\C/C=C\CCCCC. The summed E-state index contributed by atoms with van der Waals surface area (Å²) < 4.78 is 16.7. The van der Waals surface area contributed by atoms with Gasteiger partial charge in [-0.15, -0.1) is 0 Å². The highest BCUT2D eigenvalue weighted by atomic mass is 16.6. The third kappa shape index (κ3) is 49.2. The van der Waals surface area contributed by atoms with Crippen LogP contribution in [0, 0.1) is 0 Å². The van der Waals surface area contributed by atoms with Crippen molar-refractivity contribution < 1.29 is 28.6 Å². The molecular formula is C57H94O6. The lowest BCUT2D eigenvalue weighted by molar-refractivity contribution is -0.167. The summed E-state index contributed by atoms with van der Waals surface area (Å²) in [6.45, 7) is 6.46. The second kappa shape index (κ2) is 51.0. The first-order chi connectivity index (χ1) is 31.0. The summed E-state index contributed by atoms with van der Waals surface area (Å²) in [6.07, 6.45) is 66.7. The molecule has 0 aromatic carbocycles. The number of unbranched alkanes of at least 4 members (excludes halogenated alkanes) is 18. The highest BCUT2D eigenvalue weighted by Crippen LogP contribution is 2.12. The molecule has 0 N–H and O–H groups in total. The van der Waals surface area contributed by atoms with Gasteiger partial charge in [-0.1, -0.05) is 176 Å². The van der Waals surface area contributed by atoms with E-state index >= 15 is 0 Å². The maximum absolute atomic E-state index is 12.8. The van der Waals surface area contributed by atoms with Crippen LogP contribution >= 0.6 is 0 Å². The van der Waals surface area contributed by atoms with E-state index in [9.17, 15) is 14.4 Å². The van der Waals surface area contributed by atoms with E-state index in [-0.39, 0.29) is 37.5 Å². The first kappa shape index (κ1) is 59.3. The van der Waals surface area contributed by atoms with E-state index in [2.05, 4.69) is 118 Å². The van der Waals surface area contributed by atoms with E-state index in [0.717, 1.165) is 103 Å². The maximum atomic E-state index is 12.8. The Labute approximate surface area is 387 Å². The van der Waals surface area contributed by atoms with Gasteiger partial charge in [-0.05, 0) is 128 Å². The lowest BCUT2D eigenvalue weighted by atomic mass is 10.1. The molecule has 0 spiro atoms. The van der Waals surface area contributed by atoms with Gasteiger partial charge < -0.3 is 14.2 Å². The molecule has 0 rings (SSSR count). The van der Waals surface area contributed by atoms with Crippen LogP contribution in [-0.2, 0) is 28.6 Å². The number of ether oxygens (including phenoxy) is 3. The van der Waals surface area contributed by atoms with Crippen molar-refractivity contribution in [2.24, 2.45) is 0 Å². The van der Waals surface area contributed by atoms with Crippen molar-refractivity contribution in [3.8, 4) is 0 Å².